The lowest BCUT2D eigenvalue weighted by molar-refractivity contribution is 0.415. The van der Waals surface area contributed by atoms with Crippen molar-refractivity contribution in [3.05, 3.63) is 66.9 Å². The van der Waals surface area contributed by atoms with Crippen molar-refractivity contribution in [3.8, 4) is 16.9 Å². The minimum atomic E-state index is 0.587. The Morgan fingerprint density at radius 1 is 1.17 bits per heavy atom. The smallest absolute Gasteiger partial charge is 0.165 e. The molecule has 1 N–H and O–H groups in total. The Hall–Kier alpha value is -3.28. The van der Waals surface area contributed by atoms with Gasteiger partial charge in [0, 0.05) is 11.8 Å². The normalized spacial score (nSPS) is 10.9. The molecule has 4 rings (SSSR count). The number of fused-ring (bicyclic) bond motifs is 1. The highest BCUT2D eigenvalue weighted by Crippen LogP contribution is 2.26. The Morgan fingerprint density at radius 3 is 2.79 bits per heavy atom. The molecule has 6 heteroatoms. The third-order valence-corrected chi connectivity index (χ3v) is 3.83. The van der Waals surface area contributed by atoms with Gasteiger partial charge in [-0.1, -0.05) is 12.1 Å². The van der Waals surface area contributed by atoms with Crippen LogP contribution in [0.3, 0.4) is 0 Å². The van der Waals surface area contributed by atoms with E-state index in [9.17, 15) is 0 Å². The van der Waals surface area contributed by atoms with Crippen molar-refractivity contribution in [2.24, 2.45) is 0 Å². The summed E-state index contributed by atoms with van der Waals surface area (Å²) in [6.07, 6.45) is 5.26. The Bertz CT molecular complexity index is 943. The van der Waals surface area contributed by atoms with Crippen LogP contribution in [0.5, 0.6) is 5.75 Å². The quantitative estimate of drug-likeness (QED) is 0.608. The van der Waals surface area contributed by atoms with Crippen molar-refractivity contribution in [3.63, 3.8) is 0 Å². The van der Waals surface area contributed by atoms with Crippen molar-refractivity contribution < 1.29 is 9.15 Å². The highest BCUT2D eigenvalue weighted by molar-refractivity contribution is 5.78. The minimum absolute atomic E-state index is 0.587. The van der Waals surface area contributed by atoms with Gasteiger partial charge in [0.2, 0.25) is 0 Å². The molecule has 1 aromatic carbocycles. The van der Waals surface area contributed by atoms with Crippen LogP contribution in [-0.4, -0.2) is 21.7 Å². The standard InChI is InChI=1S/C18H16N4O2/c1-23-14-6-4-13(5-7-14)16-12-21-22-17(8-9-19-18(16)22)20-11-15-3-2-10-24-15/h2-10,12,20H,11H2,1H3. The zero-order valence-corrected chi connectivity index (χ0v) is 13.1. The third kappa shape index (κ3) is 2.58. The van der Waals surface area contributed by atoms with Crippen LogP contribution in [0.2, 0.25) is 0 Å². The van der Waals surface area contributed by atoms with E-state index < -0.39 is 0 Å². The lowest BCUT2D eigenvalue weighted by atomic mass is 10.1. The minimum Gasteiger partial charge on any atom is -0.497 e. The molecule has 0 saturated heterocycles. The van der Waals surface area contributed by atoms with Crippen LogP contribution in [0.1, 0.15) is 5.76 Å². The van der Waals surface area contributed by atoms with Gasteiger partial charge in [-0.2, -0.15) is 9.61 Å². The van der Waals surface area contributed by atoms with Crippen LogP contribution in [0.15, 0.2) is 65.5 Å². The largest absolute Gasteiger partial charge is 0.497 e. The molecule has 0 saturated carbocycles. The molecule has 4 aromatic rings. The number of aromatic nitrogens is 3. The van der Waals surface area contributed by atoms with Crippen molar-refractivity contribution in [2.75, 3.05) is 12.4 Å². The predicted octanol–water partition coefficient (Wildman–Crippen LogP) is 3.61. The van der Waals surface area contributed by atoms with Gasteiger partial charge in [0.05, 0.1) is 26.1 Å². The SMILES string of the molecule is COc1ccc(-c2cnn3c(NCc4ccco4)ccnc23)cc1. The summed E-state index contributed by atoms with van der Waals surface area (Å²) >= 11 is 0. The van der Waals surface area contributed by atoms with Gasteiger partial charge >= 0.3 is 0 Å². The van der Waals surface area contributed by atoms with Crippen LogP contribution in [0.4, 0.5) is 5.82 Å². The fraction of sp³-hybridized carbons (Fsp3) is 0.111. The lowest BCUT2D eigenvalue weighted by Crippen LogP contribution is -2.05. The molecule has 3 heterocycles. The van der Waals surface area contributed by atoms with Gasteiger partial charge in [-0.05, 0) is 35.9 Å². The van der Waals surface area contributed by atoms with E-state index in [2.05, 4.69) is 15.4 Å². The molecule has 6 nitrogen and oxygen atoms in total. The van der Waals surface area contributed by atoms with Crippen molar-refractivity contribution >= 4 is 11.5 Å². The van der Waals surface area contributed by atoms with E-state index in [-0.39, 0.29) is 0 Å². The van der Waals surface area contributed by atoms with E-state index in [1.165, 1.54) is 0 Å². The van der Waals surface area contributed by atoms with Crippen LogP contribution in [0.25, 0.3) is 16.8 Å². The topological polar surface area (TPSA) is 64.6 Å². The number of nitrogens with one attached hydrogen (secondary N) is 1. The first kappa shape index (κ1) is 14.3. The molecule has 0 fully saturated rings. The third-order valence-electron chi connectivity index (χ3n) is 3.83. The van der Waals surface area contributed by atoms with E-state index in [4.69, 9.17) is 9.15 Å². The summed E-state index contributed by atoms with van der Waals surface area (Å²) in [5.41, 5.74) is 2.81. The molecule has 0 aliphatic rings. The van der Waals surface area contributed by atoms with Gasteiger partial charge in [-0.15, -0.1) is 0 Å². The second-order valence-electron chi connectivity index (χ2n) is 5.29. The van der Waals surface area contributed by atoms with E-state index in [0.717, 1.165) is 34.1 Å². The Labute approximate surface area is 138 Å². The second-order valence-corrected chi connectivity index (χ2v) is 5.29. The lowest BCUT2D eigenvalue weighted by Gasteiger charge is -2.07. The summed E-state index contributed by atoms with van der Waals surface area (Å²) < 4.78 is 12.3. The van der Waals surface area contributed by atoms with Crippen LogP contribution in [-0.2, 0) is 6.54 Å². The number of rotatable bonds is 5. The molecule has 0 aliphatic carbocycles. The number of benzene rings is 1. The van der Waals surface area contributed by atoms with Crippen molar-refractivity contribution in [1.82, 2.24) is 14.6 Å². The Morgan fingerprint density at radius 2 is 2.04 bits per heavy atom. The molecule has 0 aliphatic heterocycles. The van der Waals surface area contributed by atoms with Gasteiger partial charge in [0.1, 0.15) is 17.3 Å². The first-order chi connectivity index (χ1) is 11.8. The number of ether oxygens (including phenoxy) is 1. The second kappa shape index (κ2) is 6.08. The zero-order valence-electron chi connectivity index (χ0n) is 13.1. The zero-order chi connectivity index (χ0) is 16.4. The highest BCUT2D eigenvalue weighted by Gasteiger charge is 2.11. The first-order valence-corrected chi connectivity index (χ1v) is 7.58. The van der Waals surface area contributed by atoms with E-state index >= 15 is 0 Å². The molecule has 0 atom stereocenters. The average molecular weight is 320 g/mol. The van der Waals surface area contributed by atoms with Gasteiger partial charge in [-0.3, -0.25) is 0 Å². The number of hydrogen-bond donors (Lipinski definition) is 1. The molecule has 0 radical (unpaired) electrons. The molecule has 0 spiro atoms. The fourth-order valence-corrected chi connectivity index (χ4v) is 2.59. The van der Waals surface area contributed by atoms with Crippen molar-refractivity contribution in [2.45, 2.75) is 6.54 Å². The molecular weight excluding hydrogens is 304 g/mol. The molecule has 24 heavy (non-hydrogen) atoms. The maximum Gasteiger partial charge on any atom is 0.165 e. The van der Waals surface area contributed by atoms with Gasteiger partial charge < -0.3 is 14.5 Å². The summed E-state index contributed by atoms with van der Waals surface area (Å²) in [4.78, 5) is 4.47. The fourth-order valence-electron chi connectivity index (χ4n) is 2.59. The van der Waals surface area contributed by atoms with E-state index in [0.29, 0.717) is 6.54 Å². The molecule has 0 unspecified atom stereocenters. The van der Waals surface area contributed by atoms with E-state index in [1.54, 1.807) is 24.1 Å². The molecular formula is C18H16N4O2. The van der Waals surface area contributed by atoms with Gasteiger partial charge in [0.25, 0.3) is 0 Å². The number of anilines is 1. The summed E-state index contributed by atoms with van der Waals surface area (Å²) in [6, 6.07) is 13.5. The highest BCUT2D eigenvalue weighted by atomic mass is 16.5. The average Bonchev–Trinajstić information content (AvgIpc) is 3.30. The molecule has 3 aromatic heterocycles. The maximum absolute atomic E-state index is 5.34. The van der Waals surface area contributed by atoms with Gasteiger partial charge in [0.15, 0.2) is 5.65 Å². The molecule has 120 valence electrons. The number of hydrogen-bond acceptors (Lipinski definition) is 5. The number of furan rings is 1. The number of nitrogens with zero attached hydrogens (tertiary/aromatic N) is 3. The Kier molecular flexibility index (Phi) is 3.63. The first-order valence-electron chi connectivity index (χ1n) is 7.58. The van der Waals surface area contributed by atoms with Crippen LogP contribution < -0.4 is 10.1 Å². The predicted molar refractivity (Wildman–Crippen MR) is 91.0 cm³/mol. The summed E-state index contributed by atoms with van der Waals surface area (Å²) in [5.74, 6) is 2.54. The number of methoxy groups -OCH3 is 1. The van der Waals surface area contributed by atoms with E-state index in [1.807, 2.05) is 48.7 Å². The molecule has 0 amide bonds. The Balaban J connectivity index is 1.67. The molecule has 0 bridgehead atoms. The van der Waals surface area contributed by atoms with Crippen LogP contribution in [0, 0.1) is 0 Å². The maximum atomic E-state index is 5.34. The van der Waals surface area contributed by atoms with Crippen molar-refractivity contribution in [1.29, 1.82) is 0 Å². The van der Waals surface area contributed by atoms with Gasteiger partial charge in [-0.25, -0.2) is 4.98 Å². The summed E-state index contributed by atoms with van der Waals surface area (Å²) in [7, 11) is 1.66. The summed E-state index contributed by atoms with van der Waals surface area (Å²) in [5, 5.41) is 7.79. The summed E-state index contributed by atoms with van der Waals surface area (Å²) in [6.45, 7) is 0.587. The van der Waals surface area contributed by atoms with Crippen LogP contribution >= 0.6 is 0 Å². The monoisotopic (exact) mass is 320 g/mol.